The van der Waals surface area contributed by atoms with E-state index in [1.807, 2.05) is 7.05 Å². The molecule has 1 amide bonds. The second kappa shape index (κ2) is 8.22. The molecule has 1 aliphatic rings. The fraction of sp³-hybridized carbons (Fsp3) is 0.588. The SMILES string of the molecule is CNCCCC(=O)N(Cc1cc(F)ccc1F)C1CCCC1. The van der Waals surface area contributed by atoms with Crippen LogP contribution in [0.15, 0.2) is 18.2 Å². The minimum absolute atomic E-state index is 0.0332. The molecule has 0 radical (unpaired) electrons. The maximum Gasteiger partial charge on any atom is 0.223 e. The molecule has 0 aromatic heterocycles. The van der Waals surface area contributed by atoms with Crippen molar-refractivity contribution in [2.75, 3.05) is 13.6 Å². The Morgan fingerprint density at radius 3 is 2.73 bits per heavy atom. The van der Waals surface area contributed by atoms with Gasteiger partial charge in [0, 0.05) is 24.6 Å². The first-order valence-electron chi connectivity index (χ1n) is 8.00. The van der Waals surface area contributed by atoms with Gasteiger partial charge in [0.2, 0.25) is 5.91 Å². The number of rotatable bonds is 7. The topological polar surface area (TPSA) is 32.3 Å². The summed E-state index contributed by atoms with van der Waals surface area (Å²) in [7, 11) is 1.85. The molecule has 1 N–H and O–H groups in total. The number of carbonyl (C=O) groups is 1. The van der Waals surface area contributed by atoms with Gasteiger partial charge in [-0.05, 0) is 51.1 Å². The molecule has 1 aromatic rings. The van der Waals surface area contributed by atoms with Gasteiger partial charge in [0.05, 0.1) is 0 Å². The average molecular weight is 310 g/mol. The Hall–Kier alpha value is -1.49. The molecule has 3 nitrogen and oxygen atoms in total. The summed E-state index contributed by atoms with van der Waals surface area (Å²) >= 11 is 0. The van der Waals surface area contributed by atoms with Crippen LogP contribution in [0.5, 0.6) is 0 Å². The number of amides is 1. The third-order valence-electron chi connectivity index (χ3n) is 4.25. The Bertz CT molecular complexity index is 501. The summed E-state index contributed by atoms with van der Waals surface area (Å²) in [5.41, 5.74) is 0.258. The second-order valence-electron chi connectivity index (χ2n) is 5.90. The molecule has 0 heterocycles. The van der Waals surface area contributed by atoms with Crippen LogP contribution < -0.4 is 5.32 Å². The molecule has 0 unspecified atom stereocenters. The maximum absolute atomic E-state index is 13.9. The predicted octanol–water partition coefficient (Wildman–Crippen LogP) is 3.24. The highest BCUT2D eigenvalue weighted by molar-refractivity contribution is 5.76. The van der Waals surface area contributed by atoms with E-state index >= 15 is 0 Å². The molecule has 122 valence electrons. The van der Waals surface area contributed by atoms with Crippen molar-refractivity contribution in [3.8, 4) is 0 Å². The van der Waals surface area contributed by atoms with Crippen molar-refractivity contribution in [2.24, 2.45) is 0 Å². The summed E-state index contributed by atoms with van der Waals surface area (Å²) < 4.78 is 27.2. The maximum atomic E-state index is 13.9. The first-order chi connectivity index (χ1) is 10.6. The van der Waals surface area contributed by atoms with Crippen LogP contribution in [0.1, 0.15) is 44.1 Å². The van der Waals surface area contributed by atoms with Crippen molar-refractivity contribution in [2.45, 2.75) is 51.1 Å². The molecule has 22 heavy (non-hydrogen) atoms. The van der Waals surface area contributed by atoms with Gasteiger partial charge >= 0.3 is 0 Å². The predicted molar refractivity (Wildman–Crippen MR) is 82.3 cm³/mol. The summed E-state index contributed by atoms with van der Waals surface area (Å²) in [5.74, 6) is -0.886. The zero-order valence-electron chi connectivity index (χ0n) is 13.1. The summed E-state index contributed by atoms with van der Waals surface area (Å²) in [5, 5.41) is 3.02. The quantitative estimate of drug-likeness (QED) is 0.784. The molecule has 0 spiro atoms. The lowest BCUT2D eigenvalue weighted by atomic mass is 10.1. The van der Waals surface area contributed by atoms with Gasteiger partial charge in [-0.25, -0.2) is 8.78 Å². The summed E-state index contributed by atoms with van der Waals surface area (Å²) in [4.78, 5) is 14.2. The van der Waals surface area contributed by atoms with Crippen LogP contribution in [0, 0.1) is 11.6 Å². The molecule has 1 aromatic carbocycles. The molecular formula is C17H24F2N2O. The number of benzene rings is 1. The van der Waals surface area contributed by atoms with Crippen LogP contribution in [0.3, 0.4) is 0 Å². The smallest absolute Gasteiger partial charge is 0.223 e. The third-order valence-corrected chi connectivity index (χ3v) is 4.25. The van der Waals surface area contributed by atoms with Gasteiger partial charge in [0.15, 0.2) is 0 Å². The van der Waals surface area contributed by atoms with Gasteiger partial charge in [0.1, 0.15) is 11.6 Å². The Balaban J connectivity index is 2.09. The van der Waals surface area contributed by atoms with E-state index in [1.165, 1.54) is 6.07 Å². The van der Waals surface area contributed by atoms with E-state index in [2.05, 4.69) is 5.32 Å². The number of nitrogens with zero attached hydrogens (tertiary/aromatic N) is 1. The molecular weight excluding hydrogens is 286 g/mol. The highest BCUT2D eigenvalue weighted by Crippen LogP contribution is 2.26. The van der Waals surface area contributed by atoms with Crippen LogP contribution in [-0.4, -0.2) is 30.4 Å². The van der Waals surface area contributed by atoms with E-state index in [0.717, 1.165) is 50.8 Å². The normalized spacial score (nSPS) is 15.2. The zero-order valence-corrected chi connectivity index (χ0v) is 13.1. The van der Waals surface area contributed by atoms with E-state index in [0.29, 0.717) is 6.42 Å². The molecule has 0 saturated heterocycles. The standard InChI is InChI=1S/C17H24F2N2O/c1-20-10-4-7-17(22)21(15-5-2-3-6-15)12-13-11-14(18)8-9-16(13)19/h8-9,11,15,20H,2-7,10,12H2,1H3. The number of nitrogens with one attached hydrogen (secondary N) is 1. The van der Waals surface area contributed by atoms with E-state index < -0.39 is 11.6 Å². The zero-order chi connectivity index (χ0) is 15.9. The molecule has 0 aliphatic heterocycles. The monoisotopic (exact) mass is 310 g/mol. The van der Waals surface area contributed by atoms with Crippen molar-refractivity contribution < 1.29 is 13.6 Å². The lowest BCUT2D eigenvalue weighted by Crippen LogP contribution is -2.38. The highest BCUT2D eigenvalue weighted by atomic mass is 19.1. The number of hydrogen-bond acceptors (Lipinski definition) is 2. The largest absolute Gasteiger partial charge is 0.335 e. The molecule has 1 fully saturated rings. The van der Waals surface area contributed by atoms with Crippen LogP contribution >= 0.6 is 0 Å². The van der Waals surface area contributed by atoms with Crippen LogP contribution in [0.25, 0.3) is 0 Å². The van der Waals surface area contributed by atoms with Gasteiger partial charge in [-0.3, -0.25) is 4.79 Å². The lowest BCUT2D eigenvalue weighted by molar-refractivity contribution is -0.134. The average Bonchev–Trinajstić information content (AvgIpc) is 3.02. The molecule has 0 atom stereocenters. The highest BCUT2D eigenvalue weighted by Gasteiger charge is 2.27. The van der Waals surface area contributed by atoms with Gasteiger partial charge in [-0.15, -0.1) is 0 Å². The van der Waals surface area contributed by atoms with Crippen LogP contribution in [-0.2, 0) is 11.3 Å². The summed E-state index contributed by atoms with van der Waals surface area (Å²) in [6.45, 7) is 0.936. The number of halogens is 2. The fourth-order valence-corrected chi connectivity index (χ4v) is 3.04. The van der Waals surface area contributed by atoms with E-state index in [9.17, 15) is 13.6 Å². The van der Waals surface area contributed by atoms with Crippen molar-refractivity contribution in [3.05, 3.63) is 35.4 Å². The lowest BCUT2D eigenvalue weighted by Gasteiger charge is -2.29. The first kappa shape index (κ1) is 16.9. The molecule has 1 saturated carbocycles. The van der Waals surface area contributed by atoms with Gasteiger partial charge in [-0.1, -0.05) is 12.8 Å². The Kier molecular flexibility index (Phi) is 6.31. The van der Waals surface area contributed by atoms with E-state index in [-0.39, 0.29) is 24.1 Å². The minimum atomic E-state index is -0.467. The van der Waals surface area contributed by atoms with Crippen LogP contribution in [0.2, 0.25) is 0 Å². The molecule has 0 bridgehead atoms. The Morgan fingerprint density at radius 2 is 2.05 bits per heavy atom. The fourth-order valence-electron chi connectivity index (χ4n) is 3.04. The minimum Gasteiger partial charge on any atom is -0.335 e. The number of hydrogen-bond donors (Lipinski definition) is 1. The first-order valence-corrected chi connectivity index (χ1v) is 8.00. The van der Waals surface area contributed by atoms with Crippen LogP contribution in [0.4, 0.5) is 8.78 Å². The third kappa shape index (κ3) is 4.50. The second-order valence-corrected chi connectivity index (χ2v) is 5.90. The number of carbonyl (C=O) groups excluding carboxylic acids is 1. The van der Waals surface area contributed by atoms with E-state index in [4.69, 9.17) is 0 Å². The van der Waals surface area contributed by atoms with Gasteiger partial charge in [0.25, 0.3) is 0 Å². The Morgan fingerprint density at radius 1 is 1.32 bits per heavy atom. The van der Waals surface area contributed by atoms with Crippen molar-refractivity contribution in [1.82, 2.24) is 10.2 Å². The van der Waals surface area contributed by atoms with Gasteiger partial charge in [-0.2, -0.15) is 0 Å². The van der Waals surface area contributed by atoms with Crippen molar-refractivity contribution in [1.29, 1.82) is 0 Å². The van der Waals surface area contributed by atoms with Crippen molar-refractivity contribution in [3.63, 3.8) is 0 Å². The summed E-state index contributed by atoms with van der Waals surface area (Å²) in [6, 6.07) is 3.58. The summed E-state index contributed by atoms with van der Waals surface area (Å²) in [6.07, 6.45) is 5.29. The molecule has 1 aliphatic carbocycles. The van der Waals surface area contributed by atoms with Gasteiger partial charge < -0.3 is 10.2 Å². The molecule has 2 rings (SSSR count). The molecule has 5 heteroatoms. The van der Waals surface area contributed by atoms with E-state index in [1.54, 1.807) is 4.90 Å². The van der Waals surface area contributed by atoms with Crippen molar-refractivity contribution >= 4 is 5.91 Å². The Labute approximate surface area is 130 Å².